The van der Waals surface area contributed by atoms with Gasteiger partial charge in [0.25, 0.3) is 0 Å². The SMILES string of the molecule is N#Cc1ccc2[nH]cc(CCCCN3CCN(c4ncc(-c5ccc(F)cc5F)cc4CN=O)CC3)c2c1. The molecule has 0 amide bonds. The van der Waals surface area contributed by atoms with Gasteiger partial charge >= 0.3 is 0 Å². The van der Waals surface area contributed by atoms with E-state index in [0.717, 1.165) is 69.0 Å². The van der Waals surface area contributed by atoms with Gasteiger partial charge in [-0.05, 0) is 67.8 Å². The number of rotatable bonds is 9. The lowest BCUT2D eigenvalue weighted by Gasteiger charge is -2.36. The minimum atomic E-state index is -0.671. The van der Waals surface area contributed by atoms with E-state index in [1.807, 2.05) is 24.4 Å². The molecule has 2 aromatic carbocycles. The third kappa shape index (κ3) is 5.55. The van der Waals surface area contributed by atoms with Crippen LogP contribution in [0.3, 0.4) is 0 Å². The molecule has 1 fully saturated rings. The zero-order chi connectivity index (χ0) is 26.5. The predicted octanol–water partition coefficient (Wildman–Crippen LogP) is 5.79. The number of nitriles is 1. The van der Waals surface area contributed by atoms with E-state index >= 15 is 0 Å². The second kappa shape index (κ2) is 11.5. The van der Waals surface area contributed by atoms with Gasteiger partial charge in [-0.25, -0.2) is 13.8 Å². The molecule has 0 atom stereocenters. The number of aromatic amines is 1. The van der Waals surface area contributed by atoms with Crippen molar-refractivity contribution in [1.29, 1.82) is 5.26 Å². The first-order valence-corrected chi connectivity index (χ1v) is 12.8. The molecule has 0 spiro atoms. The van der Waals surface area contributed by atoms with Crippen LogP contribution in [-0.2, 0) is 13.0 Å². The van der Waals surface area contributed by atoms with Gasteiger partial charge in [0, 0.05) is 72.2 Å². The smallest absolute Gasteiger partial charge is 0.133 e. The van der Waals surface area contributed by atoms with Crippen molar-refractivity contribution in [3.63, 3.8) is 0 Å². The fraction of sp³-hybridized carbons (Fsp3) is 0.310. The first-order chi connectivity index (χ1) is 18.6. The average Bonchev–Trinajstić information content (AvgIpc) is 3.34. The van der Waals surface area contributed by atoms with Crippen LogP contribution in [-0.4, -0.2) is 47.6 Å². The highest BCUT2D eigenvalue weighted by atomic mass is 19.1. The number of piperazine rings is 1. The van der Waals surface area contributed by atoms with Crippen LogP contribution in [0.15, 0.2) is 60.0 Å². The number of benzene rings is 2. The van der Waals surface area contributed by atoms with E-state index in [-0.39, 0.29) is 12.1 Å². The third-order valence-electron chi connectivity index (χ3n) is 7.16. The summed E-state index contributed by atoms with van der Waals surface area (Å²) in [7, 11) is 0. The van der Waals surface area contributed by atoms with Gasteiger partial charge < -0.3 is 9.88 Å². The molecule has 0 bridgehead atoms. The van der Waals surface area contributed by atoms with E-state index in [4.69, 9.17) is 0 Å². The van der Waals surface area contributed by atoms with Crippen molar-refractivity contribution >= 4 is 16.7 Å². The van der Waals surface area contributed by atoms with Crippen LogP contribution in [0.25, 0.3) is 22.0 Å². The van der Waals surface area contributed by atoms with Crippen molar-refractivity contribution in [3.8, 4) is 17.2 Å². The second-order valence-corrected chi connectivity index (χ2v) is 9.59. The Labute approximate surface area is 219 Å². The Morgan fingerprint density at radius 2 is 1.87 bits per heavy atom. The molecular weight excluding hydrogens is 486 g/mol. The molecule has 0 radical (unpaired) electrons. The minimum Gasteiger partial charge on any atom is -0.361 e. The zero-order valence-corrected chi connectivity index (χ0v) is 21.0. The predicted molar refractivity (Wildman–Crippen MR) is 144 cm³/mol. The Balaban J connectivity index is 1.16. The maximum Gasteiger partial charge on any atom is 0.133 e. The number of hydrogen-bond acceptors (Lipinski definition) is 6. The average molecular weight is 515 g/mol. The minimum absolute atomic E-state index is 0.0666. The van der Waals surface area contributed by atoms with Gasteiger partial charge in [-0.1, -0.05) is 5.18 Å². The third-order valence-corrected chi connectivity index (χ3v) is 7.16. The van der Waals surface area contributed by atoms with Crippen LogP contribution in [0, 0.1) is 27.9 Å². The standard InChI is InChI=1S/C29H28F2N6O/c30-24-5-6-25(27(31)15-24)22-14-23(19-35-38)29(34-18-22)37-11-9-36(10-12-37)8-2-1-3-21-17-33-28-7-4-20(16-32)13-26(21)28/h4-7,13-15,17-18,33H,1-3,8-12,19H2. The summed E-state index contributed by atoms with van der Waals surface area (Å²) in [5, 5.41) is 13.4. The van der Waals surface area contributed by atoms with Crippen molar-refractivity contribution in [2.75, 3.05) is 37.6 Å². The van der Waals surface area contributed by atoms with Crippen LogP contribution in [0.5, 0.6) is 0 Å². The molecule has 1 N–H and O–H groups in total. The number of H-pyrrole nitrogens is 1. The largest absolute Gasteiger partial charge is 0.361 e. The summed E-state index contributed by atoms with van der Waals surface area (Å²) in [6.07, 6.45) is 6.70. The molecule has 7 nitrogen and oxygen atoms in total. The molecule has 2 aromatic heterocycles. The lowest BCUT2D eigenvalue weighted by Crippen LogP contribution is -2.47. The summed E-state index contributed by atoms with van der Waals surface area (Å²) in [4.78, 5) is 23.5. The van der Waals surface area contributed by atoms with Gasteiger partial charge in [0.2, 0.25) is 0 Å². The fourth-order valence-corrected chi connectivity index (χ4v) is 5.13. The molecule has 3 heterocycles. The van der Waals surface area contributed by atoms with Crippen LogP contribution in [0.4, 0.5) is 14.6 Å². The Hall–Kier alpha value is -4.16. The lowest BCUT2D eigenvalue weighted by atomic mass is 10.0. The number of fused-ring (bicyclic) bond motifs is 1. The second-order valence-electron chi connectivity index (χ2n) is 9.59. The van der Waals surface area contributed by atoms with E-state index in [1.165, 1.54) is 17.7 Å². The number of anilines is 1. The molecule has 194 valence electrons. The Morgan fingerprint density at radius 1 is 1.03 bits per heavy atom. The van der Waals surface area contributed by atoms with Gasteiger partial charge in [-0.15, -0.1) is 0 Å². The molecule has 5 rings (SSSR count). The number of unbranched alkanes of at least 4 members (excludes halogenated alkanes) is 1. The first kappa shape index (κ1) is 25.5. The number of aromatic nitrogens is 2. The monoisotopic (exact) mass is 514 g/mol. The summed E-state index contributed by atoms with van der Waals surface area (Å²) in [6, 6.07) is 13.1. The van der Waals surface area contributed by atoms with E-state index in [1.54, 1.807) is 12.3 Å². The number of aryl methyl sites for hydroxylation is 1. The first-order valence-electron chi connectivity index (χ1n) is 12.8. The van der Waals surface area contributed by atoms with Crippen molar-refractivity contribution < 1.29 is 8.78 Å². The summed E-state index contributed by atoms with van der Waals surface area (Å²) in [6.45, 7) is 4.22. The summed E-state index contributed by atoms with van der Waals surface area (Å²) in [5.74, 6) is -0.628. The van der Waals surface area contributed by atoms with Crippen LogP contribution >= 0.6 is 0 Å². The number of nitrogens with zero attached hydrogens (tertiary/aromatic N) is 5. The molecule has 38 heavy (non-hydrogen) atoms. The molecular formula is C29H28F2N6O. The van der Waals surface area contributed by atoms with Crippen molar-refractivity contribution in [2.45, 2.75) is 25.8 Å². The van der Waals surface area contributed by atoms with Gasteiger partial charge in [0.1, 0.15) is 24.0 Å². The molecule has 1 aliphatic heterocycles. The molecule has 4 aromatic rings. The summed E-state index contributed by atoms with van der Waals surface area (Å²) >= 11 is 0. The van der Waals surface area contributed by atoms with Crippen molar-refractivity contribution in [3.05, 3.63) is 88.1 Å². The molecule has 0 saturated carbocycles. The van der Waals surface area contributed by atoms with Crippen LogP contribution < -0.4 is 4.90 Å². The van der Waals surface area contributed by atoms with Gasteiger partial charge in [0.05, 0.1) is 11.6 Å². The van der Waals surface area contributed by atoms with Crippen LogP contribution in [0.1, 0.15) is 29.5 Å². The topological polar surface area (TPSA) is 88.4 Å². The highest BCUT2D eigenvalue weighted by Crippen LogP contribution is 2.29. The lowest BCUT2D eigenvalue weighted by molar-refractivity contribution is 0.252. The molecule has 0 aliphatic carbocycles. The molecule has 9 heteroatoms. The number of pyridine rings is 1. The molecule has 0 unspecified atom stereocenters. The Kier molecular flexibility index (Phi) is 7.70. The maximum absolute atomic E-state index is 14.3. The van der Waals surface area contributed by atoms with Crippen molar-refractivity contribution in [1.82, 2.24) is 14.9 Å². The van der Waals surface area contributed by atoms with Crippen molar-refractivity contribution in [2.24, 2.45) is 5.18 Å². The van der Waals surface area contributed by atoms with Gasteiger partial charge in [-0.2, -0.15) is 10.2 Å². The number of nitroso groups, excluding NO2 is 1. The van der Waals surface area contributed by atoms with Gasteiger partial charge in [0.15, 0.2) is 0 Å². The maximum atomic E-state index is 14.3. The zero-order valence-electron chi connectivity index (χ0n) is 21.0. The Morgan fingerprint density at radius 3 is 2.63 bits per heavy atom. The normalized spacial score (nSPS) is 14.1. The fourth-order valence-electron chi connectivity index (χ4n) is 5.13. The molecule has 1 saturated heterocycles. The number of halogens is 2. The summed E-state index contributed by atoms with van der Waals surface area (Å²) < 4.78 is 27.6. The molecule has 1 aliphatic rings. The Bertz CT molecular complexity index is 1490. The quantitative estimate of drug-likeness (QED) is 0.226. The van der Waals surface area contributed by atoms with E-state index < -0.39 is 11.6 Å². The summed E-state index contributed by atoms with van der Waals surface area (Å²) in [5.41, 5.74) is 4.34. The number of hydrogen-bond donors (Lipinski definition) is 1. The highest BCUT2D eigenvalue weighted by Gasteiger charge is 2.21. The van der Waals surface area contributed by atoms with Crippen LogP contribution in [0.2, 0.25) is 0 Å². The highest BCUT2D eigenvalue weighted by molar-refractivity contribution is 5.84. The number of nitrogens with one attached hydrogen (secondary N) is 1. The van der Waals surface area contributed by atoms with E-state index in [2.05, 4.69) is 31.0 Å². The van der Waals surface area contributed by atoms with E-state index in [0.29, 0.717) is 22.5 Å². The van der Waals surface area contributed by atoms with E-state index in [9.17, 15) is 18.9 Å². The van der Waals surface area contributed by atoms with Gasteiger partial charge in [-0.3, -0.25) is 4.90 Å².